The van der Waals surface area contributed by atoms with Crippen LogP contribution in [0.25, 0.3) is 0 Å². The lowest BCUT2D eigenvalue weighted by Gasteiger charge is -2.34. The van der Waals surface area contributed by atoms with Crippen molar-refractivity contribution in [1.82, 2.24) is 4.90 Å². The van der Waals surface area contributed by atoms with Crippen molar-refractivity contribution < 1.29 is 4.74 Å². The molecule has 1 unspecified atom stereocenters. The van der Waals surface area contributed by atoms with Gasteiger partial charge in [-0.1, -0.05) is 25.1 Å². The Bertz CT molecular complexity index is 217. The average Bonchev–Trinajstić information content (AvgIpc) is 2.75. The van der Waals surface area contributed by atoms with Crippen LogP contribution in [0.3, 0.4) is 0 Å². The van der Waals surface area contributed by atoms with Crippen LogP contribution < -0.4 is 5.73 Å². The molecule has 1 saturated carbocycles. The van der Waals surface area contributed by atoms with E-state index in [0.29, 0.717) is 17.1 Å². The van der Waals surface area contributed by atoms with Crippen LogP contribution in [0.4, 0.5) is 0 Å². The molecule has 3 nitrogen and oxygen atoms in total. The van der Waals surface area contributed by atoms with E-state index in [1.54, 1.807) is 7.11 Å². The van der Waals surface area contributed by atoms with Gasteiger partial charge in [-0.2, -0.15) is 0 Å². The lowest BCUT2D eigenvalue weighted by Crippen LogP contribution is -2.45. The van der Waals surface area contributed by atoms with E-state index in [0.717, 1.165) is 19.6 Å². The average molecular weight is 244 g/mol. The van der Waals surface area contributed by atoms with E-state index in [9.17, 15) is 0 Å². The van der Waals surface area contributed by atoms with Crippen LogP contribution in [-0.4, -0.2) is 42.2 Å². The Morgan fingerprint density at radius 3 is 2.62 bits per heavy atom. The lowest BCUT2D eigenvalue weighted by molar-refractivity contribution is 0.120. The van der Waals surface area contributed by atoms with Gasteiger partial charge in [0.05, 0.1) is 4.99 Å². The van der Waals surface area contributed by atoms with E-state index in [4.69, 9.17) is 22.7 Å². The van der Waals surface area contributed by atoms with Crippen LogP contribution in [0, 0.1) is 0 Å². The van der Waals surface area contributed by atoms with Crippen molar-refractivity contribution in [1.29, 1.82) is 0 Å². The molecule has 1 aliphatic carbocycles. The molecule has 1 aliphatic rings. The Hall–Kier alpha value is -0.190. The maximum Gasteiger partial charge on any atom is 0.0870 e. The van der Waals surface area contributed by atoms with Gasteiger partial charge in [0.15, 0.2) is 0 Å². The van der Waals surface area contributed by atoms with Gasteiger partial charge in [-0.25, -0.2) is 0 Å². The third kappa shape index (κ3) is 4.36. The molecule has 0 aromatic carbocycles. The maximum absolute atomic E-state index is 5.69. The topological polar surface area (TPSA) is 38.5 Å². The summed E-state index contributed by atoms with van der Waals surface area (Å²) in [4.78, 5) is 3.07. The van der Waals surface area contributed by atoms with Crippen LogP contribution in [0.2, 0.25) is 0 Å². The van der Waals surface area contributed by atoms with Crippen molar-refractivity contribution in [3.63, 3.8) is 0 Å². The van der Waals surface area contributed by atoms with Gasteiger partial charge in [-0.05, 0) is 26.2 Å². The lowest BCUT2D eigenvalue weighted by atomic mass is 10.1. The first-order chi connectivity index (χ1) is 7.65. The summed E-state index contributed by atoms with van der Waals surface area (Å²) in [5, 5.41) is 0. The molecule has 0 aromatic rings. The normalized spacial score (nSPS) is 19.2. The molecule has 0 radical (unpaired) electrons. The molecule has 0 aliphatic heterocycles. The van der Waals surface area contributed by atoms with E-state index in [2.05, 4.69) is 11.8 Å². The minimum atomic E-state index is 0.504. The third-order valence-corrected chi connectivity index (χ3v) is 3.57. The summed E-state index contributed by atoms with van der Waals surface area (Å²) in [7, 11) is 1.75. The Balaban J connectivity index is 2.50. The number of rotatable bonds is 7. The Morgan fingerprint density at radius 2 is 2.12 bits per heavy atom. The van der Waals surface area contributed by atoms with Crippen LogP contribution in [-0.2, 0) is 4.74 Å². The molecule has 16 heavy (non-hydrogen) atoms. The van der Waals surface area contributed by atoms with Crippen molar-refractivity contribution >= 4 is 17.2 Å². The minimum Gasteiger partial charge on any atom is -0.392 e. The first-order valence-corrected chi connectivity index (χ1v) is 6.59. The van der Waals surface area contributed by atoms with Gasteiger partial charge in [0, 0.05) is 32.3 Å². The van der Waals surface area contributed by atoms with Crippen LogP contribution in [0.1, 0.15) is 39.0 Å². The van der Waals surface area contributed by atoms with Gasteiger partial charge in [-0.3, -0.25) is 4.90 Å². The second-order valence-electron chi connectivity index (χ2n) is 4.71. The van der Waals surface area contributed by atoms with Gasteiger partial charge >= 0.3 is 0 Å². The van der Waals surface area contributed by atoms with Gasteiger partial charge in [0.25, 0.3) is 0 Å². The molecule has 1 rings (SSSR count). The number of hydrogen-bond donors (Lipinski definition) is 1. The van der Waals surface area contributed by atoms with Crippen LogP contribution >= 0.6 is 12.2 Å². The SMILES string of the molecule is COCCC(C)N(CC(N)=S)C1CCCC1. The Kier molecular flexibility index (Phi) is 6.24. The molecule has 94 valence electrons. The zero-order chi connectivity index (χ0) is 12.0. The molecule has 0 spiro atoms. The molecule has 4 heteroatoms. The molecule has 0 amide bonds. The van der Waals surface area contributed by atoms with Gasteiger partial charge in [0.1, 0.15) is 0 Å². The number of ether oxygens (including phenoxy) is 1. The number of methoxy groups -OCH3 is 1. The predicted octanol–water partition coefficient (Wildman–Crippen LogP) is 1.94. The van der Waals surface area contributed by atoms with Gasteiger partial charge in [0.2, 0.25) is 0 Å². The monoisotopic (exact) mass is 244 g/mol. The predicted molar refractivity (Wildman–Crippen MR) is 71.7 cm³/mol. The highest BCUT2D eigenvalue weighted by atomic mass is 32.1. The summed E-state index contributed by atoms with van der Waals surface area (Å²) >= 11 is 5.04. The molecule has 1 fully saturated rings. The van der Waals surface area contributed by atoms with Crippen molar-refractivity contribution in [3.05, 3.63) is 0 Å². The zero-order valence-corrected chi connectivity index (χ0v) is 11.3. The van der Waals surface area contributed by atoms with E-state index in [-0.39, 0.29) is 0 Å². The van der Waals surface area contributed by atoms with E-state index < -0.39 is 0 Å². The molecule has 2 N–H and O–H groups in total. The third-order valence-electron chi connectivity index (χ3n) is 3.44. The summed E-state index contributed by atoms with van der Waals surface area (Å²) in [5.74, 6) is 0. The van der Waals surface area contributed by atoms with Crippen LogP contribution in [0.5, 0.6) is 0 Å². The summed E-state index contributed by atoms with van der Waals surface area (Å²) in [6, 6.07) is 1.18. The smallest absolute Gasteiger partial charge is 0.0870 e. The van der Waals surface area contributed by atoms with E-state index >= 15 is 0 Å². The van der Waals surface area contributed by atoms with Crippen LogP contribution in [0.15, 0.2) is 0 Å². The first kappa shape index (κ1) is 13.9. The molecule has 1 atom stereocenters. The molecular formula is C12H24N2OS. The van der Waals surface area contributed by atoms with E-state index in [1.807, 2.05) is 0 Å². The maximum atomic E-state index is 5.69. The van der Waals surface area contributed by atoms with Gasteiger partial charge in [-0.15, -0.1) is 0 Å². The van der Waals surface area contributed by atoms with Crippen molar-refractivity contribution in [2.24, 2.45) is 5.73 Å². The second-order valence-corrected chi connectivity index (χ2v) is 5.23. The highest BCUT2D eigenvalue weighted by molar-refractivity contribution is 7.80. The molecule has 0 aromatic heterocycles. The summed E-state index contributed by atoms with van der Waals surface area (Å²) < 4.78 is 5.14. The Morgan fingerprint density at radius 1 is 1.50 bits per heavy atom. The molecule has 0 heterocycles. The first-order valence-electron chi connectivity index (χ1n) is 6.18. The highest BCUT2D eigenvalue weighted by Gasteiger charge is 2.26. The fraction of sp³-hybridized carbons (Fsp3) is 0.917. The van der Waals surface area contributed by atoms with Crippen molar-refractivity contribution in [2.45, 2.75) is 51.1 Å². The largest absolute Gasteiger partial charge is 0.392 e. The Labute approximate surface area is 104 Å². The summed E-state index contributed by atoms with van der Waals surface area (Å²) in [6.07, 6.45) is 6.32. The van der Waals surface area contributed by atoms with E-state index in [1.165, 1.54) is 25.7 Å². The fourth-order valence-corrected chi connectivity index (χ4v) is 2.66. The van der Waals surface area contributed by atoms with Gasteiger partial charge < -0.3 is 10.5 Å². The number of hydrogen-bond acceptors (Lipinski definition) is 3. The minimum absolute atomic E-state index is 0.504. The standard InChI is InChI=1S/C12H24N2OS/c1-10(7-8-15-2)14(9-12(13)16)11-5-3-4-6-11/h10-11H,3-9H2,1-2H3,(H2,13,16). The fourth-order valence-electron chi connectivity index (χ4n) is 2.51. The zero-order valence-electron chi connectivity index (χ0n) is 10.4. The number of thiocarbonyl (C=S) groups is 1. The van der Waals surface area contributed by atoms with Crippen molar-refractivity contribution in [2.75, 3.05) is 20.3 Å². The summed E-state index contributed by atoms with van der Waals surface area (Å²) in [6.45, 7) is 3.81. The second kappa shape index (κ2) is 7.20. The number of nitrogens with two attached hydrogens (primary N) is 1. The molecular weight excluding hydrogens is 220 g/mol. The highest BCUT2D eigenvalue weighted by Crippen LogP contribution is 2.25. The summed E-state index contributed by atoms with van der Waals surface area (Å²) in [5.41, 5.74) is 5.69. The van der Waals surface area contributed by atoms with Crippen molar-refractivity contribution in [3.8, 4) is 0 Å². The quantitative estimate of drug-likeness (QED) is 0.695. The number of nitrogens with zero attached hydrogens (tertiary/aromatic N) is 1. The molecule has 0 saturated heterocycles. The molecule has 0 bridgehead atoms.